The highest BCUT2D eigenvalue weighted by Crippen LogP contribution is 2.30. The molecule has 0 aromatic heterocycles. The Morgan fingerprint density at radius 2 is 1.76 bits per heavy atom. The van der Waals surface area contributed by atoms with Gasteiger partial charge in [-0.2, -0.15) is 0 Å². The third-order valence-electron chi connectivity index (χ3n) is 5.59. The molecule has 0 aliphatic carbocycles. The second-order valence-corrected chi connectivity index (χ2v) is 9.96. The van der Waals surface area contributed by atoms with Crippen molar-refractivity contribution in [2.24, 2.45) is 0 Å². The molecule has 1 aliphatic rings. The maximum atomic E-state index is 13.1. The number of carbonyl (C=O) groups excluding carboxylic acids is 3. The van der Waals surface area contributed by atoms with Gasteiger partial charge in [0.05, 0.1) is 18.6 Å². The number of methoxy groups -OCH3 is 1. The Morgan fingerprint density at radius 1 is 1.12 bits per heavy atom. The number of anilines is 2. The summed E-state index contributed by atoms with van der Waals surface area (Å²) in [6, 6.07) is 10.8. The standard InChI is InChI=1S/C23H28N4O6S/c1-5-13-34(31,32)26-19-8-6-7-18(15(19)2)24-20(28)14-27-21(29)23(3,25-22(27)30)16-9-11-17(33-4)12-10-16/h6-12,26H,5,13-14H2,1-4H3,(H,24,28)(H,25,30). The maximum absolute atomic E-state index is 13.1. The normalized spacial score (nSPS) is 17.9. The van der Waals surface area contributed by atoms with Gasteiger partial charge in [-0.05, 0) is 55.7 Å². The van der Waals surface area contributed by atoms with Crippen LogP contribution in [0, 0.1) is 6.92 Å². The monoisotopic (exact) mass is 488 g/mol. The molecule has 182 valence electrons. The number of nitrogens with zero attached hydrogens (tertiary/aromatic N) is 1. The summed E-state index contributed by atoms with van der Waals surface area (Å²) in [5.74, 6) is -0.577. The van der Waals surface area contributed by atoms with E-state index in [1.54, 1.807) is 63.2 Å². The highest BCUT2D eigenvalue weighted by molar-refractivity contribution is 7.92. The number of amides is 4. The van der Waals surface area contributed by atoms with Crippen LogP contribution < -0.4 is 20.1 Å². The van der Waals surface area contributed by atoms with Gasteiger partial charge < -0.3 is 15.4 Å². The molecular weight excluding hydrogens is 460 g/mol. The van der Waals surface area contributed by atoms with Crippen molar-refractivity contribution < 1.29 is 27.5 Å². The first-order valence-corrected chi connectivity index (χ1v) is 12.3. The summed E-state index contributed by atoms with van der Waals surface area (Å²) < 4.78 is 31.9. The van der Waals surface area contributed by atoms with Gasteiger partial charge in [0.15, 0.2) is 0 Å². The molecule has 2 aromatic carbocycles. The predicted molar refractivity (Wildman–Crippen MR) is 128 cm³/mol. The van der Waals surface area contributed by atoms with Crippen LogP contribution in [-0.2, 0) is 25.2 Å². The molecule has 10 nitrogen and oxygen atoms in total. The highest BCUT2D eigenvalue weighted by Gasteiger charge is 2.49. The summed E-state index contributed by atoms with van der Waals surface area (Å²) >= 11 is 0. The first kappa shape index (κ1) is 25.0. The Bertz CT molecular complexity index is 1210. The topological polar surface area (TPSA) is 134 Å². The third kappa shape index (κ3) is 5.14. The van der Waals surface area contributed by atoms with Gasteiger partial charge in [0, 0.05) is 5.69 Å². The van der Waals surface area contributed by atoms with Crippen LogP contribution in [0.5, 0.6) is 5.75 Å². The lowest BCUT2D eigenvalue weighted by molar-refractivity contribution is -0.133. The fourth-order valence-electron chi connectivity index (χ4n) is 3.66. The van der Waals surface area contributed by atoms with Gasteiger partial charge in [-0.25, -0.2) is 13.2 Å². The molecule has 34 heavy (non-hydrogen) atoms. The van der Waals surface area contributed by atoms with Gasteiger partial charge in [0.2, 0.25) is 15.9 Å². The number of benzene rings is 2. The lowest BCUT2D eigenvalue weighted by Crippen LogP contribution is -2.42. The fraction of sp³-hybridized carbons (Fsp3) is 0.348. The van der Waals surface area contributed by atoms with Gasteiger partial charge >= 0.3 is 6.03 Å². The molecule has 0 radical (unpaired) electrons. The molecule has 0 bridgehead atoms. The van der Waals surface area contributed by atoms with Crippen LogP contribution in [0.4, 0.5) is 16.2 Å². The van der Waals surface area contributed by atoms with Crippen LogP contribution in [0.3, 0.4) is 0 Å². The summed E-state index contributed by atoms with van der Waals surface area (Å²) in [4.78, 5) is 39.2. The molecule has 4 amide bonds. The average Bonchev–Trinajstić information content (AvgIpc) is 3.00. The molecule has 1 aliphatic heterocycles. The minimum Gasteiger partial charge on any atom is -0.497 e. The smallest absolute Gasteiger partial charge is 0.325 e. The number of urea groups is 1. The first-order valence-electron chi connectivity index (χ1n) is 10.7. The number of hydrogen-bond acceptors (Lipinski definition) is 6. The summed E-state index contributed by atoms with van der Waals surface area (Å²) in [6.07, 6.45) is 0.464. The molecule has 1 unspecified atom stereocenters. The van der Waals surface area contributed by atoms with Crippen LogP contribution in [0.25, 0.3) is 0 Å². The van der Waals surface area contributed by atoms with E-state index >= 15 is 0 Å². The SMILES string of the molecule is CCCS(=O)(=O)Nc1cccc(NC(=O)CN2C(=O)NC(C)(c3ccc(OC)cc3)C2=O)c1C. The fourth-order valence-corrected chi connectivity index (χ4v) is 4.86. The van der Waals surface area contributed by atoms with Crippen LogP contribution in [0.2, 0.25) is 0 Å². The van der Waals surface area contributed by atoms with Crippen LogP contribution in [0.1, 0.15) is 31.4 Å². The number of carbonyl (C=O) groups is 3. The molecule has 3 N–H and O–H groups in total. The van der Waals surface area contributed by atoms with Crippen LogP contribution in [0.15, 0.2) is 42.5 Å². The van der Waals surface area contributed by atoms with E-state index in [2.05, 4.69) is 15.4 Å². The first-order chi connectivity index (χ1) is 16.0. The molecule has 1 saturated heterocycles. The van der Waals surface area contributed by atoms with E-state index in [1.807, 2.05) is 0 Å². The van der Waals surface area contributed by atoms with E-state index in [0.717, 1.165) is 4.90 Å². The van der Waals surface area contributed by atoms with E-state index < -0.39 is 40.0 Å². The van der Waals surface area contributed by atoms with Gasteiger partial charge in [-0.3, -0.25) is 19.2 Å². The zero-order valence-corrected chi connectivity index (χ0v) is 20.3. The molecule has 2 aromatic rings. The van der Waals surface area contributed by atoms with Crippen molar-refractivity contribution in [3.8, 4) is 5.75 Å². The summed E-state index contributed by atoms with van der Waals surface area (Å²) in [5.41, 5.74) is 0.449. The number of hydrogen-bond donors (Lipinski definition) is 3. The van der Waals surface area contributed by atoms with Crippen LogP contribution >= 0.6 is 0 Å². The van der Waals surface area contributed by atoms with Gasteiger partial charge in [-0.15, -0.1) is 0 Å². The Labute approximate surface area is 198 Å². The lowest BCUT2D eigenvalue weighted by atomic mass is 9.92. The van der Waals surface area contributed by atoms with Crippen molar-refractivity contribution in [1.29, 1.82) is 0 Å². The molecule has 1 fully saturated rings. The lowest BCUT2D eigenvalue weighted by Gasteiger charge is -2.22. The van der Waals surface area contributed by atoms with E-state index in [1.165, 1.54) is 7.11 Å². The van der Waals surface area contributed by atoms with Crippen molar-refractivity contribution in [1.82, 2.24) is 10.2 Å². The molecule has 0 spiro atoms. The number of ether oxygens (including phenoxy) is 1. The van der Waals surface area contributed by atoms with E-state index in [0.29, 0.717) is 34.7 Å². The second kappa shape index (κ2) is 9.72. The van der Waals surface area contributed by atoms with Crippen molar-refractivity contribution in [2.75, 3.05) is 29.4 Å². The zero-order chi connectivity index (χ0) is 25.1. The Hall–Kier alpha value is -3.60. The molecular formula is C23H28N4O6S. The van der Waals surface area contributed by atoms with E-state index in [4.69, 9.17) is 4.74 Å². The number of rotatable bonds is 9. The predicted octanol–water partition coefficient (Wildman–Crippen LogP) is 2.56. The molecule has 0 saturated carbocycles. The summed E-state index contributed by atoms with van der Waals surface area (Å²) in [7, 11) is -1.98. The Morgan fingerprint density at radius 3 is 2.38 bits per heavy atom. The Kier molecular flexibility index (Phi) is 7.15. The van der Waals surface area contributed by atoms with E-state index in [-0.39, 0.29) is 5.75 Å². The average molecular weight is 489 g/mol. The number of nitrogens with one attached hydrogen (secondary N) is 3. The molecule has 11 heteroatoms. The quantitative estimate of drug-likeness (QED) is 0.465. The minimum atomic E-state index is -3.51. The third-order valence-corrected chi connectivity index (χ3v) is 7.07. The van der Waals surface area contributed by atoms with Gasteiger partial charge in [-0.1, -0.05) is 25.1 Å². The molecule has 3 rings (SSSR count). The van der Waals surface area contributed by atoms with E-state index in [9.17, 15) is 22.8 Å². The largest absolute Gasteiger partial charge is 0.497 e. The molecule has 1 heterocycles. The minimum absolute atomic E-state index is 0.0256. The van der Waals surface area contributed by atoms with Crippen molar-refractivity contribution in [3.63, 3.8) is 0 Å². The number of imide groups is 1. The Balaban J connectivity index is 1.73. The molecule has 1 atom stereocenters. The van der Waals surface area contributed by atoms with Crippen molar-refractivity contribution in [3.05, 3.63) is 53.6 Å². The maximum Gasteiger partial charge on any atom is 0.325 e. The second-order valence-electron chi connectivity index (χ2n) is 8.12. The van der Waals surface area contributed by atoms with Gasteiger partial charge in [0.25, 0.3) is 5.91 Å². The highest BCUT2D eigenvalue weighted by atomic mass is 32.2. The van der Waals surface area contributed by atoms with Gasteiger partial charge in [0.1, 0.15) is 17.8 Å². The van der Waals surface area contributed by atoms with Crippen molar-refractivity contribution in [2.45, 2.75) is 32.7 Å². The van der Waals surface area contributed by atoms with Crippen molar-refractivity contribution >= 4 is 39.2 Å². The summed E-state index contributed by atoms with van der Waals surface area (Å²) in [6.45, 7) is 4.50. The summed E-state index contributed by atoms with van der Waals surface area (Å²) in [5, 5.41) is 5.31. The van der Waals surface area contributed by atoms with Crippen LogP contribution in [-0.4, -0.2) is 50.6 Å². The zero-order valence-electron chi connectivity index (χ0n) is 19.5. The number of sulfonamides is 1.